The van der Waals surface area contributed by atoms with Crippen LogP contribution in [0.4, 0.5) is 10.1 Å². The number of hydrogen-bond acceptors (Lipinski definition) is 4. The van der Waals surface area contributed by atoms with Gasteiger partial charge in [0.05, 0.1) is 16.7 Å². The molecule has 0 spiro atoms. The van der Waals surface area contributed by atoms with Gasteiger partial charge in [-0.15, -0.1) is 0 Å². The lowest BCUT2D eigenvalue weighted by atomic mass is 10.1. The van der Waals surface area contributed by atoms with Gasteiger partial charge in [0.25, 0.3) is 5.69 Å². The summed E-state index contributed by atoms with van der Waals surface area (Å²) in [6.45, 7) is 4.68. The highest BCUT2D eigenvalue weighted by Gasteiger charge is 2.22. The van der Waals surface area contributed by atoms with Crippen LogP contribution in [0.3, 0.4) is 0 Å². The average Bonchev–Trinajstić information content (AvgIpc) is 2.85. The number of nitro groups is 1. The molecule has 1 aromatic heterocycles. The monoisotopic (exact) mass is 306 g/mol. The van der Waals surface area contributed by atoms with Crippen molar-refractivity contribution in [2.24, 2.45) is 7.05 Å². The van der Waals surface area contributed by atoms with Crippen LogP contribution in [-0.2, 0) is 20.1 Å². The summed E-state index contributed by atoms with van der Waals surface area (Å²) in [5.41, 5.74) is 0.914. The average molecular weight is 306 g/mol. The Morgan fingerprint density at radius 3 is 2.68 bits per heavy atom. The van der Waals surface area contributed by atoms with Gasteiger partial charge in [0.1, 0.15) is 5.82 Å². The van der Waals surface area contributed by atoms with Crippen molar-refractivity contribution in [3.63, 3.8) is 0 Å². The van der Waals surface area contributed by atoms with Gasteiger partial charge in [-0.1, -0.05) is 6.07 Å². The lowest BCUT2D eigenvalue weighted by Gasteiger charge is -2.26. The maximum absolute atomic E-state index is 14.0. The van der Waals surface area contributed by atoms with E-state index < -0.39 is 10.7 Å². The zero-order chi connectivity index (χ0) is 16.3. The summed E-state index contributed by atoms with van der Waals surface area (Å²) in [6.07, 6.45) is 3.62. The molecule has 0 fully saturated rings. The van der Waals surface area contributed by atoms with Crippen molar-refractivity contribution >= 4 is 5.69 Å². The van der Waals surface area contributed by atoms with Gasteiger partial charge >= 0.3 is 0 Å². The van der Waals surface area contributed by atoms with Gasteiger partial charge in [0.15, 0.2) is 0 Å². The molecule has 0 saturated carbocycles. The second-order valence-electron chi connectivity index (χ2n) is 5.52. The van der Waals surface area contributed by atoms with Crippen molar-refractivity contribution < 1.29 is 9.31 Å². The summed E-state index contributed by atoms with van der Waals surface area (Å²) in [5.74, 6) is -0.550. The molecule has 0 aliphatic heterocycles. The second-order valence-corrected chi connectivity index (χ2v) is 5.52. The second kappa shape index (κ2) is 6.65. The molecule has 0 atom stereocenters. The predicted molar refractivity (Wildman–Crippen MR) is 80.6 cm³/mol. The van der Waals surface area contributed by atoms with Crippen LogP contribution in [0.2, 0.25) is 0 Å². The Bertz CT molecular complexity index is 669. The van der Waals surface area contributed by atoms with Crippen LogP contribution >= 0.6 is 0 Å². The molecule has 22 heavy (non-hydrogen) atoms. The molecule has 0 aliphatic carbocycles. The molecular weight excluding hydrogens is 287 g/mol. The van der Waals surface area contributed by atoms with Gasteiger partial charge in [-0.2, -0.15) is 5.10 Å². The number of benzene rings is 1. The molecule has 6 nitrogen and oxygen atoms in total. The first-order valence-corrected chi connectivity index (χ1v) is 7.02. The van der Waals surface area contributed by atoms with Crippen LogP contribution in [0, 0.1) is 15.9 Å². The molecule has 0 N–H and O–H groups in total. The minimum atomic E-state index is -0.550. The van der Waals surface area contributed by atoms with E-state index in [1.54, 1.807) is 10.9 Å². The molecule has 1 aromatic carbocycles. The van der Waals surface area contributed by atoms with Crippen LogP contribution < -0.4 is 0 Å². The third-order valence-corrected chi connectivity index (χ3v) is 3.53. The smallest absolute Gasteiger partial charge is 0.276 e. The molecule has 0 amide bonds. The molecule has 0 saturated heterocycles. The van der Waals surface area contributed by atoms with Crippen molar-refractivity contribution in [3.05, 3.63) is 57.7 Å². The van der Waals surface area contributed by atoms with Gasteiger partial charge in [-0.05, 0) is 19.9 Å². The number of aryl methyl sites for hydroxylation is 1. The van der Waals surface area contributed by atoms with E-state index in [1.165, 1.54) is 18.2 Å². The molecule has 2 aromatic rings. The summed E-state index contributed by atoms with van der Waals surface area (Å²) < 4.78 is 15.7. The molecule has 0 radical (unpaired) electrons. The molecule has 2 rings (SSSR count). The Kier molecular flexibility index (Phi) is 4.87. The van der Waals surface area contributed by atoms with Crippen LogP contribution in [-0.4, -0.2) is 25.6 Å². The van der Waals surface area contributed by atoms with E-state index in [4.69, 9.17) is 0 Å². The SMILES string of the molecule is CC(C)N(Cc1cnn(C)c1)Cc1c(F)cccc1[N+](=O)[O-]. The Morgan fingerprint density at radius 1 is 1.41 bits per heavy atom. The molecule has 1 heterocycles. The van der Waals surface area contributed by atoms with Gasteiger partial charge < -0.3 is 0 Å². The largest absolute Gasteiger partial charge is 0.292 e. The maximum atomic E-state index is 14.0. The highest BCUT2D eigenvalue weighted by atomic mass is 19.1. The fraction of sp³-hybridized carbons (Fsp3) is 0.400. The fourth-order valence-electron chi connectivity index (χ4n) is 2.29. The molecular formula is C15H19FN4O2. The summed E-state index contributed by atoms with van der Waals surface area (Å²) in [5, 5.41) is 15.2. The first kappa shape index (κ1) is 16.1. The number of nitro benzene ring substituents is 1. The van der Waals surface area contributed by atoms with Gasteiger partial charge in [-0.3, -0.25) is 19.7 Å². The molecule has 118 valence electrons. The van der Waals surface area contributed by atoms with Gasteiger partial charge in [-0.25, -0.2) is 4.39 Å². The van der Waals surface area contributed by atoms with Crippen molar-refractivity contribution in [3.8, 4) is 0 Å². The van der Waals surface area contributed by atoms with E-state index in [2.05, 4.69) is 5.10 Å². The zero-order valence-electron chi connectivity index (χ0n) is 12.9. The van der Waals surface area contributed by atoms with Gasteiger partial charge in [0, 0.05) is 44.0 Å². The third-order valence-electron chi connectivity index (χ3n) is 3.53. The van der Waals surface area contributed by atoms with Crippen molar-refractivity contribution in [2.75, 3.05) is 0 Å². The summed E-state index contributed by atoms with van der Waals surface area (Å²) in [4.78, 5) is 12.5. The first-order valence-electron chi connectivity index (χ1n) is 7.02. The Balaban J connectivity index is 2.27. The number of halogens is 1. The topological polar surface area (TPSA) is 64.2 Å². The minimum absolute atomic E-state index is 0.111. The Labute approximate surface area is 128 Å². The van der Waals surface area contributed by atoms with E-state index in [-0.39, 0.29) is 23.8 Å². The molecule has 0 bridgehead atoms. The molecule has 0 unspecified atom stereocenters. The third kappa shape index (κ3) is 3.67. The highest BCUT2D eigenvalue weighted by Crippen LogP contribution is 2.24. The van der Waals surface area contributed by atoms with Crippen LogP contribution in [0.15, 0.2) is 30.6 Å². The van der Waals surface area contributed by atoms with Gasteiger partial charge in [0.2, 0.25) is 0 Å². The normalized spacial score (nSPS) is 11.4. The van der Waals surface area contributed by atoms with Crippen molar-refractivity contribution in [1.82, 2.24) is 14.7 Å². The lowest BCUT2D eigenvalue weighted by Crippen LogP contribution is -2.30. The summed E-state index contributed by atoms with van der Waals surface area (Å²) in [6, 6.07) is 4.06. The highest BCUT2D eigenvalue weighted by molar-refractivity contribution is 5.40. The molecule has 0 aliphatic rings. The van der Waals surface area contributed by atoms with E-state index in [0.29, 0.717) is 6.54 Å². The van der Waals surface area contributed by atoms with E-state index in [9.17, 15) is 14.5 Å². The van der Waals surface area contributed by atoms with Crippen molar-refractivity contribution in [1.29, 1.82) is 0 Å². The predicted octanol–water partition coefficient (Wildman–Crippen LogP) is 2.88. The fourth-order valence-corrected chi connectivity index (χ4v) is 2.29. The van der Waals surface area contributed by atoms with E-state index in [1.807, 2.05) is 32.0 Å². The first-order chi connectivity index (χ1) is 10.4. The Hall–Kier alpha value is -2.28. The standard InChI is InChI=1S/C15H19FN4O2/c1-11(2)19(9-12-7-17-18(3)8-12)10-13-14(16)5-4-6-15(13)20(21)22/h4-8,11H,9-10H2,1-3H3. The number of nitrogens with zero attached hydrogens (tertiary/aromatic N) is 4. The Morgan fingerprint density at radius 2 is 2.14 bits per heavy atom. The number of aromatic nitrogens is 2. The van der Waals surface area contributed by atoms with Crippen LogP contribution in [0.1, 0.15) is 25.0 Å². The number of rotatable bonds is 6. The quantitative estimate of drug-likeness (QED) is 0.608. The summed E-state index contributed by atoms with van der Waals surface area (Å²) in [7, 11) is 1.82. The van der Waals surface area contributed by atoms with E-state index >= 15 is 0 Å². The summed E-state index contributed by atoms with van der Waals surface area (Å²) >= 11 is 0. The van der Waals surface area contributed by atoms with Crippen LogP contribution in [0.25, 0.3) is 0 Å². The zero-order valence-corrected chi connectivity index (χ0v) is 12.9. The molecule has 7 heteroatoms. The maximum Gasteiger partial charge on any atom is 0.276 e. The van der Waals surface area contributed by atoms with Crippen molar-refractivity contribution in [2.45, 2.75) is 33.0 Å². The number of hydrogen-bond donors (Lipinski definition) is 0. The van der Waals surface area contributed by atoms with E-state index in [0.717, 1.165) is 5.56 Å². The van der Waals surface area contributed by atoms with Crippen LogP contribution in [0.5, 0.6) is 0 Å². The minimum Gasteiger partial charge on any atom is -0.292 e. The lowest BCUT2D eigenvalue weighted by molar-refractivity contribution is -0.386.